The highest BCUT2D eigenvalue weighted by Gasteiger charge is 2.18. The van der Waals surface area contributed by atoms with Crippen LogP contribution in [0.15, 0.2) is 33.4 Å². The fourth-order valence-corrected chi connectivity index (χ4v) is 1.83. The largest absolute Gasteiger partial charge is 0.467 e. The topological polar surface area (TPSA) is 39.2 Å². The zero-order chi connectivity index (χ0) is 11.7. The summed E-state index contributed by atoms with van der Waals surface area (Å²) in [7, 11) is 0. The Bertz CT molecular complexity index is 525. The third-order valence-corrected chi connectivity index (χ3v) is 2.86. The van der Waals surface area contributed by atoms with Gasteiger partial charge in [0, 0.05) is 5.56 Å². The molecule has 1 aromatic carbocycles. The minimum absolute atomic E-state index is 0.0910. The van der Waals surface area contributed by atoms with Crippen molar-refractivity contribution in [3.8, 4) is 11.1 Å². The molecule has 5 heteroatoms. The molecule has 0 aliphatic rings. The summed E-state index contributed by atoms with van der Waals surface area (Å²) >= 11 is 3.01. The summed E-state index contributed by atoms with van der Waals surface area (Å²) in [4.78, 5) is 0. The van der Waals surface area contributed by atoms with Crippen LogP contribution in [0.2, 0.25) is 0 Å². The minimum Gasteiger partial charge on any atom is -0.467 e. The molecule has 0 fully saturated rings. The van der Waals surface area contributed by atoms with E-state index in [1.807, 2.05) is 0 Å². The third kappa shape index (κ3) is 1.76. The number of hydrogen-bond acceptors (Lipinski definition) is 2. The standard InChI is InChI=1S/C11H8BrF2NO/c12-7-1-2-8(13)10(11(7)14)6-3-4-16-9(6)5-15/h1-4H,5,15H2. The summed E-state index contributed by atoms with van der Waals surface area (Å²) in [5, 5.41) is 0. The molecule has 2 N–H and O–H groups in total. The number of nitrogens with two attached hydrogens (primary N) is 1. The molecule has 1 heterocycles. The van der Waals surface area contributed by atoms with Crippen molar-refractivity contribution < 1.29 is 13.2 Å². The molecule has 0 saturated heterocycles. The van der Waals surface area contributed by atoms with Gasteiger partial charge >= 0.3 is 0 Å². The SMILES string of the molecule is NCc1occc1-c1c(F)ccc(Br)c1F. The van der Waals surface area contributed by atoms with E-state index in [-0.39, 0.29) is 16.6 Å². The molecule has 0 bridgehead atoms. The molecular formula is C11H8BrF2NO. The van der Waals surface area contributed by atoms with Gasteiger partial charge in [0.2, 0.25) is 0 Å². The van der Waals surface area contributed by atoms with Gasteiger partial charge in [-0.05, 0) is 34.1 Å². The van der Waals surface area contributed by atoms with E-state index in [4.69, 9.17) is 10.2 Å². The maximum Gasteiger partial charge on any atom is 0.148 e. The van der Waals surface area contributed by atoms with E-state index in [0.717, 1.165) is 0 Å². The molecule has 0 radical (unpaired) electrons. The molecule has 0 aliphatic carbocycles. The Hall–Kier alpha value is -1.20. The van der Waals surface area contributed by atoms with Gasteiger partial charge < -0.3 is 10.2 Å². The summed E-state index contributed by atoms with van der Waals surface area (Å²) in [6, 6.07) is 4.00. The normalized spacial score (nSPS) is 10.8. The molecule has 0 saturated carbocycles. The van der Waals surface area contributed by atoms with Gasteiger partial charge in [0.25, 0.3) is 0 Å². The summed E-state index contributed by atoms with van der Waals surface area (Å²) in [6.07, 6.45) is 1.36. The Morgan fingerprint density at radius 2 is 2.00 bits per heavy atom. The predicted octanol–water partition coefficient (Wildman–Crippen LogP) is 3.45. The molecule has 0 spiro atoms. The monoisotopic (exact) mass is 287 g/mol. The van der Waals surface area contributed by atoms with Gasteiger partial charge in [-0.15, -0.1) is 0 Å². The lowest BCUT2D eigenvalue weighted by Gasteiger charge is -2.05. The lowest BCUT2D eigenvalue weighted by Crippen LogP contribution is -1.98. The van der Waals surface area contributed by atoms with Gasteiger partial charge in [0.15, 0.2) is 0 Å². The Balaban J connectivity index is 2.68. The fraction of sp³-hybridized carbons (Fsp3) is 0.0909. The Morgan fingerprint density at radius 1 is 1.25 bits per heavy atom. The summed E-state index contributed by atoms with van der Waals surface area (Å²) in [5.41, 5.74) is 5.64. The summed E-state index contributed by atoms with van der Waals surface area (Å²) < 4.78 is 32.6. The van der Waals surface area contributed by atoms with Crippen LogP contribution in [0.4, 0.5) is 8.78 Å². The smallest absolute Gasteiger partial charge is 0.148 e. The van der Waals surface area contributed by atoms with Crippen LogP contribution < -0.4 is 5.73 Å². The Labute approximate surface area is 99.2 Å². The number of rotatable bonds is 2. The van der Waals surface area contributed by atoms with Gasteiger partial charge in [-0.2, -0.15) is 0 Å². The van der Waals surface area contributed by atoms with Crippen molar-refractivity contribution in [2.75, 3.05) is 0 Å². The highest BCUT2D eigenvalue weighted by atomic mass is 79.9. The van der Waals surface area contributed by atoms with Gasteiger partial charge in [-0.25, -0.2) is 8.78 Å². The number of furan rings is 1. The first-order valence-corrected chi connectivity index (χ1v) is 5.34. The minimum atomic E-state index is -0.656. The highest BCUT2D eigenvalue weighted by molar-refractivity contribution is 9.10. The lowest BCUT2D eigenvalue weighted by molar-refractivity contribution is 0.512. The van der Waals surface area contributed by atoms with Crippen molar-refractivity contribution in [1.29, 1.82) is 0 Å². The van der Waals surface area contributed by atoms with E-state index in [9.17, 15) is 8.78 Å². The van der Waals surface area contributed by atoms with Crippen LogP contribution in [0.3, 0.4) is 0 Å². The summed E-state index contributed by atoms with van der Waals surface area (Å²) in [6.45, 7) is 0.0910. The first-order valence-electron chi connectivity index (χ1n) is 4.55. The van der Waals surface area contributed by atoms with Crippen LogP contribution in [0, 0.1) is 11.6 Å². The molecular weight excluding hydrogens is 280 g/mol. The Kier molecular flexibility index (Phi) is 3.07. The molecule has 0 atom stereocenters. The average molecular weight is 288 g/mol. The number of halogens is 3. The maximum absolute atomic E-state index is 13.8. The molecule has 16 heavy (non-hydrogen) atoms. The highest BCUT2D eigenvalue weighted by Crippen LogP contribution is 2.33. The molecule has 0 amide bonds. The van der Waals surface area contributed by atoms with Crippen molar-refractivity contribution >= 4 is 15.9 Å². The molecule has 2 nitrogen and oxygen atoms in total. The van der Waals surface area contributed by atoms with Crippen LogP contribution in [0.1, 0.15) is 5.76 Å². The van der Waals surface area contributed by atoms with Gasteiger partial charge in [-0.1, -0.05) is 0 Å². The maximum atomic E-state index is 13.8. The van der Waals surface area contributed by atoms with Gasteiger partial charge in [0.1, 0.15) is 17.4 Å². The number of hydrogen-bond donors (Lipinski definition) is 1. The lowest BCUT2D eigenvalue weighted by atomic mass is 10.1. The predicted molar refractivity (Wildman–Crippen MR) is 59.7 cm³/mol. The molecule has 2 rings (SSSR count). The van der Waals surface area contributed by atoms with Crippen molar-refractivity contribution in [2.45, 2.75) is 6.54 Å². The van der Waals surface area contributed by atoms with Crippen LogP contribution in [-0.2, 0) is 6.54 Å². The molecule has 0 unspecified atom stereocenters. The molecule has 1 aromatic heterocycles. The fourth-order valence-electron chi connectivity index (χ4n) is 1.50. The van der Waals surface area contributed by atoms with Crippen LogP contribution in [-0.4, -0.2) is 0 Å². The van der Waals surface area contributed by atoms with Crippen molar-refractivity contribution in [2.24, 2.45) is 5.73 Å². The first kappa shape index (κ1) is 11.3. The van der Waals surface area contributed by atoms with E-state index in [0.29, 0.717) is 11.3 Å². The van der Waals surface area contributed by atoms with Crippen molar-refractivity contribution in [3.63, 3.8) is 0 Å². The van der Waals surface area contributed by atoms with Gasteiger partial charge in [-0.3, -0.25) is 0 Å². The first-order chi connectivity index (χ1) is 7.65. The Morgan fingerprint density at radius 3 is 2.69 bits per heavy atom. The zero-order valence-corrected chi connectivity index (χ0v) is 9.72. The third-order valence-electron chi connectivity index (χ3n) is 2.24. The van der Waals surface area contributed by atoms with E-state index < -0.39 is 11.6 Å². The molecule has 0 aliphatic heterocycles. The van der Waals surface area contributed by atoms with Crippen LogP contribution in [0.25, 0.3) is 11.1 Å². The van der Waals surface area contributed by atoms with E-state index in [1.165, 1.54) is 24.5 Å². The molecule has 84 valence electrons. The van der Waals surface area contributed by atoms with Crippen molar-refractivity contribution in [1.82, 2.24) is 0 Å². The van der Waals surface area contributed by atoms with E-state index in [2.05, 4.69) is 15.9 Å². The zero-order valence-electron chi connectivity index (χ0n) is 8.14. The van der Waals surface area contributed by atoms with Crippen molar-refractivity contribution in [3.05, 3.63) is 46.3 Å². The average Bonchev–Trinajstić information content (AvgIpc) is 2.72. The van der Waals surface area contributed by atoms with E-state index >= 15 is 0 Å². The second-order valence-corrected chi connectivity index (χ2v) is 4.03. The van der Waals surface area contributed by atoms with Crippen LogP contribution >= 0.6 is 15.9 Å². The van der Waals surface area contributed by atoms with Gasteiger partial charge in [0.05, 0.1) is 22.8 Å². The van der Waals surface area contributed by atoms with E-state index in [1.54, 1.807) is 0 Å². The number of benzene rings is 1. The second kappa shape index (κ2) is 4.35. The van der Waals surface area contributed by atoms with Crippen LogP contribution in [0.5, 0.6) is 0 Å². The quantitative estimate of drug-likeness (QED) is 0.860. The molecule has 2 aromatic rings. The summed E-state index contributed by atoms with van der Waals surface area (Å²) in [5.74, 6) is -0.941. The second-order valence-electron chi connectivity index (χ2n) is 3.18.